The summed E-state index contributed by atoms with van der Waals surface area (Å²) in [5, 5.41) is 11.2. The molecule has 6 heteroatoms. The van der Waals surface area contributed by atoms with Crippen molar-refractivity contribution >= 4 is 5.95 Å². The molecule has 1 aromatic heterocycles. The number of ether oxygens (including phenoxy) is 2. The molecule has 0 unspecified atom stereocenters. The molecule has 98 valence electrons. The summed E-state index contributed by atoms with van der Waals surface area (Å²) < 4.78 is 10.6. The Morgan fingerprint density at radius 1 is 1.11 bits per heavy atom. The molecule has 0 radical (unpaired) electrons. The Kier molecular flexibility index (Phi) is 2.91. The van der Waals surface area contributed by atoms with Gasteiger partial charge in [0.25, 0.3) is 0 Å². The Morgan fingerprint density at radius 3 is 2.79 bits per heavy atom. The zero-order valence-electron chi connectivity index (χ0n) is 10.8. The lowest BCUT2D eigenvalue weighted by Gasteiger charge is -2.06. The Bertz CT molecular complexity index is 616. The summed E-state index contributed by atoms with van der Waals surface area (Å²) in [7, 11) is 0. The highest BCUT2D eigenvalue weighted by Gasteiger charge is 2.13. The van der Waals surface area contributed by atoms with Gasteiger partial charge in [-0.15, -0.1) is 5.10 Å². The number of hydrogen-bond acceptors (Lipinski definition) is 6. The Balaban J connectivity index is 1.70. The molecule has 0 amide bonds. The number of benzene rings is 1. The van der Waals surface area contributed by atoms with E-state index >= 15 is 0 Å². The highest BCUT2D eigenvalue weighted by Crippen LogP contribution is 2.32. The zero-order chi connectivity index (χ0) is 13.2. The van der Waals surface area contributed by atoms with Crippen molar-refractivity contribution in [3.63, 3.8) is 0 Å². The standard InChI is InChI=1S/C13H14N4O2/c1-8-9(2)16-17-13(15-8)14-6-10-3-4-11-12(5-10)19-7-18-11/h3-5H,6-7H2,1-2H3,(H,14,15,17). The molecule has 19 heavy (non-hydrogen) atoms. The van der Waals surface area contributed by atoms with Gasteiger partial charge in [-0.3, -0.25) is 0 Å². The van der Waals surface area contributed by atoms with E-state index in [1.54, 1.807) is 0 Å². The van der Waals surface area contributed by atoms with Gasteiger partial charge in [0, 0.05) is 6.54 Å². The van der Waals surface area contributed by atoms with Crippen LogP contribution in [0.5, 0.6) is 11.5 Å². The number of anilines is 1. The summed E-state index contributed by atoms with van der Waals surface area (Å²) >= 11 is 0. The lowest BCUT2D eigenvalue weighted by atomic mass is 10.2. The van der Waals surface area contributed by atoms with Crippen LogP contribution in [0.3, 0.4) is 0 Å². The van der Waals surface area contributed by atoms with Crippen LogP contribution >= 0.6 is 0 Å². The topological polar surface area (TPSA) is 69.2 Å². The average Bonchev–Trinajstić information content (AvgIpc) is 2.87. The number of aromatic nitrogens is 3. The van der Waals surface area contributed by atoms with Gasteiger partial charge in [-0.05, 0) is 31.5 Å². The van der Waals surface area contributed by atoms with E-state index in [0.29, 0.717) is 12.5 Å². The van der Waals surface area contributed by atoms with E-state index in [4.69, 9.17) is 9.47 Å². The normalized spacial score (nSPS) is 12.5. The van der Waals surface area contributed by atoms with Crippen molar-refractivity contribution in [1.29, 1.82) is 0 Å². The van der Waals surface area contributed by atoms with Gasteiger partial charge in [0.2, 0.25) is 12.7 Å². The van der Waals surface area contributed by atoms with E-state index < -0.39 is 0 Å². The van der Waals surface area contributed by atoms with Gasteiger partial charge in [-0.1, -0.05) is 6.07 Å². The summed E-state index contributed by atoms with van der Waals surface area (Å²) in [5.41, 5.74) is 2.79. The minimum absolute atomic E-state index is 0.288. The van der Waals surface area contributed by atoms with Crippen LogP contribution in [-0.2, 0) is 6.54 Å². The molecule has 0 fully saturated rings. The summed E-state index contributed by atoms with van der Waals surface area (Å²) in [6.45, 7) is 4.70. The van der Waals surface area contributed by atoms with Gasteiger partial charge in [0.1, 0.15) is 0 Å². The molecule has 0 aliphatic carbocycles. The molecule has 1 aliphatic rings. The van der Waals surface area contributed by atoms with Crippen LogP contribution in [0.4, 0.5) is 5.95 Å². The number of nitrogens with zero attached hydrogens (tertiary/aromatic N) is 3. The first-order valence-corrected chi connectivity index (χ1v) is 6.03. The molecule has 3 rings (SSSR count). The molecule has 0 spiro atoms. The minimum Gasteiger partial charge on any atom is -0.454 e. The lowest BCUT2D eigenvalue weighted by Crippen LogP contribution is -2.06. The molecule has 1 aromatic carbocycles. The largest absolute Gasteiger partial charge is 0.454 e. The summed E-state index contributed by atoms with van der Waals surface area (Å²) in [6.07, 6.45) is 0. The third kappa shape index (κ3) is 2.42. The number of hydrogen-bond donors (Lipinski definition) is 1. The van der Waals surface area contributed by atoms with Crippen molar-refractivity contribution in [2.24, 2.45) is 0 Å². The quantitative estimate of drug-likeness (QED) is 0.905. The first-order chi connectivity index (χ1) is 9.22. The second-order valence-electron chi connectivity index (χ2n) is 4.35. The summed E-state index contributed by atoms with van der Waals surface area (Å²) in [6, 6.07) is 5.83. The predicted molar refractivity (Wildman–Crippen MR) is 69.2 cm³/mol. The molecule has 0 saturated carbocycles. The molecule has 6 nitrogen and oxygen atoms in total. The van der Waals surface area contributed by atoms with Crippen LogP contribution in [0.25, 0.3) is 0 Å². The van der Waals surface area contributed by atoms with Crippen molar-refractivity contribution in [2.45, 2.75) is 20.4 Å². The van der Waals surface area contributed by atoms with Gasteiger partial charge in [0.15, 0.2) is 11.5 Å². The van der Waals surface area contributed by atoms with Gasteiger partial charge < -0.3 is 14.8 Å². The lowest BCUT2D eigenvalue weighted by molar-refractivity contribution is 0.174. The van der Waals surface area contributed by atoms with E-state index in [2.05, 4.69) is 20.5 Å². The SMILES string of the molecule is Cc1nnc(NCc2ccc3c(c2)OCO3)nc1C. The predicted octanol–water partition coefficient (Wildman–Crippen LogP) is 1.83. The van der Waals surface area contributed by atoms with Crippen LogP contribution in [0.15, 0.2) is 18.2 Å². The zero-order valence-corrected chi connectivity index (χ0v) is 10.8. The van der Waals surface area contributed by atoms with E-state index in [-0.39, 0.29) is 6.79 Å². The molecule has 0 saturated heterocycles. The van der Waals surface area contributed by atoms with E-state index in [1.165, 1.54) is 0 Å². The van der Waals surface area contributed by atoms with Gasteiger partial charge >= 0.3 is 0 Å². The number of rotatable bonds is 3. The molecule has 2 heterocycles. The van der Waals surface area contributed by atoms with Crippen LogP contribution < -0.4 is 14.8 Å². The van der Waals surface area contributed by atoms with Gasteiger partial charge in [0.05, 0.1) is 11.4 Å². The highest BCUT2D eigenvalue weighted by molar-refractivity contribution is 5.45. The number of aryl methyl sites for hydroxylation is 2. The fourth-order valence-corrected chi connectivity index (χ4v) is 1.76. The van der Waals surface area contributed by atoms with Crippen LogP contribution in [0.1, 0.15) is 17.0 Å². The van der Waals surface area contributed by atoms with Gasteiger partial charge in [-0.25, -0.2) is 4.98 Å². The van der Waals surface area contributed by atoms with Crippen molar-refractivity contribution in [3.8, 4) is 11.5 Å². The number of nitrogens with one attached hydrogen (secondary N) is 1. The van der Waals surface area contributed by atoms with E-state index in [0.717, 1.165) is 28.5 Å². The molecule has 0 bridgehead atoms. The van der Waals surface area contributed by atoms with E-state index in [1.807, 2.05) is 32.0 Å². The fraction of sp³-hybridized carbons (Fsp3) is 0.308. The molecular weight excluding hydrogens is 244 g/mol. The Hall–Kier alpha value is -2.37. The van der Waals surface area contributed by atoms with Crippen LogP contribution in [0.2, 0.25) is 0 Å². The first-order valence-electron chi connectivity index (χ1n) is 6.03. The summed E-state index contributed by atoms with van der Waals surface area (Å²) in [5.74, 6) is 2.09. The second kappa shape index (κ2) is 4.72. The average molecular weight is 258 g/mol. The molecule has 1 N–H and O–H groups in total. The van der Waals surface area contributed by atoms with E-state index in [9.17, 15) is 0 Å². The van der Waals surface area contributed by atoms with Crippen molar-refractivity contribution in [2.75, 3.05) is 12.1 Å². The molecular formula is C13H14N4O2. The van der Waals surface area contributed by atoms with Crippen molar-refractivity contribution in [3.05, 3.63) is 35.2 Å². The monoisotopic (exact) mass is 258 g/mol. The van der Waals surface area contributed by atoms with Crippen LogP contribution in [0, 0.1) is 13.8 Å². The fourth-order valence-electron chi connectivity index (χ4n) is 1.76. The number of fused-ring (bicyclic) bond motifs is 1. The third-order valence-electron chi connectivity index (χ3n) is 2.98. The van der Waals surface area contributed by atoms with Gasteiger partial charge in [-0.2, -0.15) is 5.10 Å². The molecule has 1 aliphatic heterocycles. The smallest absolute Gasteiger partial charge is 0.243 e. The third-order valence-corrected chi connectivity index (χ3v) is 2.98. The summed E-state index contributed by atoms with van der Waals surface area (Å²) in [4.78, 5) is 4.32. The maximum atomic E-state index is 5.33. The van der Waals surface area contributed by atoms with Crippen molar-refractivity contribution in [1.82, 2.24) is 15.2 Å². The molecule has 0 atom stereocenters. The maximum absolute atomic E-state index is 5.33. The first kappa shape index (κ1) is 11.7. The Morgan fingerprint density at radius 2 is 1.95 bits per heavy atom. The Labute approximate surface area is 110 Å². The van der Waals surface area contributed by atoms with Crippen LogP contribution in [-0.4, -0.2) is 22.0 Å². The van der Waals surface area contributed by atoms with Crippen molar-refractivity contribution < 1.29 is 9.47 Å². The maximum Gasteiger partial charge on any atom is 0.243 e. The minimum atomic E-state index is 0.288. The second-order valence-corrected chi connectivity index (χ2v) is 4.35. The highest BCUT2D eigenvalue weighted by atomic mass is 16.7. The molecule has 2 aromatic rings.